The second-order valence-electron chi connectivity index (χ2n) is 9.00. The molecule has 1 heterocycles. The highest BCUT2D eigenvalue weighted by Gasteiger charge is 2.44. The van der Waals surface area contributed by atoms with E-state index in [9.17, 15) is 9.90 Å². The summed E-state index contributed by atoms with van der Waals surface area (Å²) in [6, 6.07) is 14.4. The van der Waals surface area contributed by atoms with Gasteiger partial charge in [0.25, 0.3) is 0 Å². The summed E-state index contributed by atoms with van der Waals surface area (Å²) in [6.45, 7) is 4.86. The number of carbonyl (C=O) groups is 1. The summed E-state index contributed by atoms with van der Waals surface area (Å²) >= 11 is 0. The molecule has 0 aromatic heterocycles. The Morgan fingerprint density at radius 2 is 1.62 bits per heavy atom. The molecule has 1 aliphatic heterocycles. The second kappa shape index (κ2) is 8.73. The minimum atomic E-state index is -1.41. The van der Waals surface area contributed by atoms with E-state index >= 15 is 0 Å². The normalized spacial score (nSPS) is 33.5. The fraction of sp³-hybridized carbons (Fsp3) is 0.696. The molecule has 0 bridgehead atoms. The van der Waals surface area contributed by atoms with Gasteiger partial charge in [0.2, 0.25) is 0 Å². The van der Waals surface area contributed by atoms with Crippen LogP contribution < -0.4 is 5.19 Å². The Hall–Kier alpha value is -1.09. The molecule has 1 unspecified atom stereocenters. The molecule has 1 aromatic carbocycles. The van der Waals surface area contributed by atoms with Gasteiger partial charge in [-0.1, -0.05) is 87.1 Å². The molecule has 26 heavy (non-hydrogen) atoms. The zero-order chi connectivity index (χ0) is 18.6. The lowest BCUT2D eigenvalue weighted by atomic mass is 9.74. The van der Waals surface area contributed by atoms with Gasteiger partial charge in [-0.3, -0.25) is 4.79 Å². The van der Waals surface area contributed by atoms with Crippen molar-refractivity contribution in [3.8, 4) is 0 Å². The van der Waals surface area contributed by atoms with Crippen molar-refractivity contribution < 1.29 is 9.90 Å². The first kappa shape index (κ1) is 19.7. The van der Waals surface area contributed by atoms with Crippen molar-refractivity contribution in [1.82, 2.24) is 0 Å². The van der Waals surface area contributed by atoms with Gasteiger partial charge in [-0.2, -0.15) is 0 Å². The first-order valence-corrected chi connectivity index (χ1v) is 13.3. The Morgan fingerprint density at radius 3 is 2.15 bits per heavy atom. The van der Waals surface area contributed by atoms with E-state index in [2.05, 4.69) is 44.2 Å². The number of aliphatic carboxylic acids is 1. The molecule has 3 heteroatoms. The fourth-order valence-electron chi connectivity index (χ4n) is 6.01. The van der Waals surface area contributed by atoms with E-state index in [4.69, 9.17) is 0 Å². The van der Waals surface area contributed by atoms with Gasteiger partial charge in [0.1, 0.15) is 0 Å². The number of hydrogen-bond acceptors (Lipinski definition) is 1. The van der Waals surface area contributed by atoms with Gasteiger partial charge in [0.05, 0.1) is 14.0 Å². The van der Waals surface area contributed by atoms with E-state index in [1.165, 1.54) is 37.8 Å². The van der Waals surface area contributed by atoms with Crippen LogP contribution in [0, 0.1) is 17.8 Å². The third kappa shape index (κ3) is 4.08. The quantitative estimate of drug-likeness (QED) is 0.638. The van der Waals surface area contributed by atoms with Crippen molar-refractivity contribution in [2.45, 2.75) is 82.8 Å². The van der Waals surface area contributed by atoms with Crippen molar-refractivity contribution in [1.29, 1.82) is 0 Å². The van der Waals surface area contributed by atoms with Crippen LogP contribution in [0.15, 0.2) is 30.3 Å². The molecule has 1 saturated carbocycles. The largest absolute Gasteiger partial charge is 0.481 e. The summed E-state index contributed by atoms with van der Waals surface area (Å²) in [4.78, 5) is 11.2. The van der Waals surface area contributed by atoms with E-state index in [0.717, 1.165) is 43.1 Å². The van der Waals surface area contributed by atoms with Gasteiger partial charge in [-0.15, -0.1) is 0 Å². The minimum Gasteiger partial charge on any atom is -0.481 e. The van der Waals surface area contributed by atoms with E-state index in [1.54, 1.807) is 5.19 Å². The molecule has 0 spiro atoms. The zero-order valence-electron chi connectivity index (χ0n) is 16.6. The maximum Gasteiger partial charge on any atom is 0.306 e. The summed E-state index contributed by atoms with van der Waals surface area (Å²) < 4.78 is 0. The van der Waals surface area contributed by atoms with Crippen LogP contribution in [-0.4, -0.2) is 19.1 Å². The minimum absolute atomic E-state index is 0.0720. The highest BCUT2D eigenvalue weighted by Crippen LogP contribution is 2.46. The van der Waals surface area contributed by atoms with Crippen molar-refractivity contribution in [3.63, 3.8) is 0 Å². The number of rotatable bonds is 6. The predicted molar refractivity (Wildman–Crippen MR) is 112 cm³/mol. The Labute approximate surface area is 160 Å². The van der Waals surface area contributed by atoms with Crippen LogP contribution in [0.4, 0.5) is 0 Å². The van der Waals surface area contributed by atoms with E-state index in [-0.39, 0.29) is 5.92 Å². The highest BCUT2D eigenvalue weighted by molar-refractivity contribution is 6.93. The van der Waals surface area contributed by atoms with Gasteiger partial charge >= 0.3 is 5.97 Å². The highest BCUT2D eigenvalue weighted by atomic mass is 28.3. The smallest absolute Gasteiger partial charge is 0.306 e. The second-order valence-corrected chi connectivity index (χ2v) is 13.9. The summed E-state index contributed by atoms with van der Waals surface area (Å²) in [5.74, 6) is 0.992. The van der Waals surface area contributed by atoms with E-state index < -0.39 is 14.0 Å². The Bertz CT molecular complexity index is 569. The van der Waals surface area contributed by atoms with Gasteiger partial charge in [0, 0.05) is 0 Å². The molecule has 2 fully saturated rings. The summed E-state index contributed by atoms with van der Waals surface area (Å²) in [5, 5.41) is 10.9. The maximum absolute atomic E-state index is 11.2. The fourth-order valence-corrected chi connectivity index (χ4v) is 11.9. The van der Waals surface area contributed by atoms with Crippen LogP contribution in [0.25, 0.3) is 0 Å². The summed E-state index contributed by atoms with van der Waals surface area (Å²) in [6.07, 6.45) is 9.54. The standard InChI is InChI=1S/C23H36O2Si/c1-3-7-18(2)26(22-8-5-4-6-9-22)16-14-20(15-17-26)19-10-12-21(13-11-19)23(24)25/h4-6,8-9,18-21H,3,7,10-17H2,1-2H3,(H,24,25). The first-order valence-electron chi connectivity index (χ1n) is 10.8. The Morgan fingerprint density at radius 1 is 1.04 bits per heavy atom. The molecule has 1 aliphatic carbocycles. The van der Waals surface area contributed by atoms with Crippen LogP contribution in [0.3, 0.4) is 0 Å². The molecule has 1 saturated heterocycles. The first-order chi connectivity index (χ1) is 12.6. The average molecular weight is 373 g/mol. The van der Waals surface area contributed by atoms with Gasteiger partial charge in [-0.05, 0) is 43.1 Å². The van der Waals surface area contributed by atoms with E-state index in [0.29, 0.717) is 0 Å². The molecule has 3 rings (SSSR count). The predicted octanol–water partition coefficient (Wildman–Crippen LogP) is 5.83. The number of hydrogen-bond donors (Lipinski definition) is 1. The third-order valence-electron chi connectivity index (χ3n) is 7.72. The molecule has 144 valence electrons. The summed E-state index contributed by atoms with van der Waals surface area (Å²) in [5.41, 5.74) is 0.874. The molecule has 1 N–H and O–H groups in total. The Balaban J connectivity index is 1.67. The SMILES string of the molecule is CCCC(C)[Si]1(c2ccccc2)CCC(C2CCC(C(=O)O)CC2)CC1. The molecule has 2 aliphatic rings. The Kier molecular flexibility index (Phi) is 6.60. The maximum atomic E-state index is 11.2. The molecule has 0 amide bonds. The number of carboxylic acid groups (broad SMARTS) is 1. The summed E-state index contributed by atoms with van der Waals surface area (Å²) in [7, 11) is -1.41. The molecule has 2 nitrogen and oxygen atoms in total. The van der Waals surface area contributed by atoms with Crippen molar-refractivity contribution in [3.05, 3.63) is 30.3 Å². The monoisotopic (exact) mass is 372 g/mol. The number of carboxylic acids is 1. The molecule has 1 atom stereocenters. The lowest BCUT2D eigenvalue weighted by Crippen LogP contribution is -2.53. The molecule has 1 aromatic rings. The zero-order valence-corrected chi connectivity index (χ0v) is 17.6. The molecular formula is C23H36O2Si. The van der Waals surface area contributed by atoms with Gasteiger partial charge in [-0.25, -0.2) is 0 Å². The lowest BCUT2D eigenvalue weighted by molar-refractivity contribution is -0.143. The average Bonchev–Trinajstić information content (AvgIpc) is 2.69. The number of benzene rings is 1. The van der Waals surface area contributed by atoms with Crippen molar-refractivity contribution >= 4 is 19.2 Å². The van der Waals surface area contributed by atoms with Crippen LogP contribution >= 0.6 is 0 Å². The van der Waals surface area contributed by atoms with Crippen molar-refractivity contribution in [2.75, 3.05) is 0 Å². The van der Waals surface area contributed by atoms with Gasteiger partial charge in [0.15, 0.2) is 0 Å². The van der Waals surface area contributed by atoms with Crippen LogP contribution in [0.2, 0.25) is 17.6 Å². The van der Waals surface area contributed by atoms with E-state index in [1.807, 2.05) is 0 Å². The molecule has 0 radical (unpaired) electrons. The van der Waals surface area contributed by atoms with Crippen molar-refractivity contribution in [2.24, 2.45) is 17.8 Å². The topological polar surface area (TPSA) is 37.3 Å². The van der Waals surface area contributed by atoms with Crippen LogP contribution in [0.5, 0.6) is 0 Å². The van der Waals surface area contributed by atoms with Gasteiger partial charge < -0.3 is 5.11 Å². The van der Waals surface area contributed by atoms with Crippen LogP contribution in [-0.2, 0) is 4.79 Å². The van der Waals surface area contributed by atoms with Crippen LogP contribution in [0.1, 0.15) is 65.2 Å². The lowest BCUT2D eigenvalue weighted by Gasteiger charge is -2.46. The third-order valence-corrected chi connectivity index (χ3v) is 13.7. The molecular weight excluding hydrogens is 336 g/mol.